The lowest BCUT2D eigenvalue weighted by atomic mass is 10.1. The van der Waals surface area contributed by atoms with Crippen molar-refractivity contribution in [1.82, 2.24) is 9.97 Å². The average Bonchev–Trinajstić information content (AvgIpc) is 2.70. The molecular formula is C11H12BrN3O2. The number of nitrogens with zero attached hydrogens (tertiary/aromatic N) is 3. The standard InChI is InChI=1S/C11H12BrN3O2/c1-3-7-4-9(16)15(6-7)10-11(17-2)14-8(12)5-13-10/h3,5,7H,1,4,6H2,2H3. The van der Waals surface area contributed by atoms with Crippen molar-refractivity contribution in [3.63, 3.8) is 0 Å². The Morgan fingerprint density at radius 3 is 3.06 bits per heavy atom. The van der Waals surface area contributed by atoms with E-state index in [0.717, 1.165) is 0 Å². The molecule has 17 heavy (non-hydrogen) atoms. The van der Waals surface area contributed by atoms with Crippen molar-refractivity contribution < 1.29 is 9.53 Å². The van der Waals surface area contributed by atoms with Crippen LogP contribution in [0.15, 0.2) is 23.5 Å². The van der Waals surface area contributed by atoms with Crippen molar-refractivity contribution in [2.24, 2.45) is 5.92 Å². The lowest BCUT2D eigenvalue weighted by Crippen LogP contribution is -2.26. The van der Waals surface area contributed by atoms with Gasteiger partial charge in [0.1, 0.15) is 4.60 Å². The molecular weight excluding hydrogens is 286 g/mol. The van der Waals surface area contributed by atoms with E-state index in [1.54, 1.807) is 17.2 Å². The summed E-state index contributed by atoms with van der Waals surface area (Å²) in [5.74, 6) is 0.991. The Morgan fingerprint density at radius 1 is 1.71 bits per heavy atom. The molecule has 1 unspecified atom stereocenters. The third-order valence-corrected chi connectivity index (χ3v) is 3.01. The van der Waals surface area contributed by atoms with Gasteiger partial charge in [-0.2, -0.15) is 0 Å². The molecule has 6 heteroatoms. The highest BCUT2D eigenvalue weighted by molar-refractivity contribution is 9.10. The molecule has 1 aliphatic heterocycles. The van der Waals surface area contributed by atoms with Gasteiger partial charge in [-0.15, -0.1) is 6.58 Å². The van der Waals surface area contributed by atoms with E-state index >= 15 is 0 Å². The van der Waals surface area contributed by atoms with E-state index in [0.29, 0.717) is 29.3 Å². The van der Waals surface area contributed by atoms with Gasteiger partial charge in [0.2, 0.25) is 5.91 Å². The Balaban J connectivity index is 2.34. The largest absolute Gasteiger partial charge is 0.478 e. The highest BCUT2D eigenvalue weighted by atomic mass is 79.9. The van der Waals surface area contributed by atoms with Gasteiger partial charge in [0.05, 0.1) is 13.3 Å². The summed E-state index contributed by atoms with van der Waals surface area (Å²) in [5.41, 5.74) is 0. The number of carbonyl (C=O) groups is 1. The van der Waals surface area contributed by atoms with E-state index in [-0.39, 0.29) is 11.8 Å². The molecule has 0 N–H and O–H groups in total. The monoisotopic (exact) mass is 297 g/mol. The van der Waals surface area contributed by atoms with Crippen molar-refractivity contribution in [3.8, 4) is 5.88 Å². The van der Waals surface area contributed by atoms with Gasteiger partial charge < -0.3 is 4.74 Å². The molecule has 1 aliphatic rings. The number of amides is 1. The van der Waals surface area contributed by atoms with E-state index in [2.05, 4.69) is 32.5 Å². The van der Waals surface area contributed by atoms with Crippen LogP contribution in [0.4, 0.5) is 5.82 Å². The molecule has 0 radical (unpaired) electrons. The van der Waals surface area contributed by atoms with Crippen molar-refractivity contribution in [1.29, 1.82) is 0 Å². The third-order valence-electron chi connectivity index (χ3n) is 2.63. The number of hydrogen-bond acceptors (Lipinski definition) is 4. The molecule has 0 spiro atoms. The second kappa shape index (κ2) is 4.83. The number of halogens is 1. The van der Waals surface area contributed by atoms with E-state index in [1.807, 2.05) is 0 Å². The fraction of sp³-hybridized carbons (Fsp3) is 0.364. The smallest absolute Gasteiger partial charge is 0.258 e. The van der Waals surface area contributed by atoms with Crippen molar-refractivity contribution in [3.05, 3.63) is 23.5 Å². The molecule has 0 saturated carbocycles. The fourth-order valence-corrected chi connectivity index (χ4v) is 2.03. The molecule has 5 nitrogen and oxygen atoms in total. The van der Waals surface area contributed by atoms with Crippen LogP contribution in [0.1, 0.15) is 6.42 Å². The van der Waals surface area contributed by atoms with Crippen LogP contribution in [0.3, 0.4) is 0 Å². The van der Waals surface area contributed by atoms with Crippen molar-refractivity contribution in [2.45, 2.75) is 6.42 Å². The van der Waals surface area contributed by atoms with Gasteiger partial charge >= 0.3 is 0 Å². The van der Waals surface area contributed by atoms with Crippen molar-refractivity contribution in [2.75, 3.05) is 18.6 Å². The van der Waals surface area contributed by atoms with E-state index < -0.39 is 0 Å². The second-order valence-electron chi connectivity index (χ2n) is 3.73. The molecule has 1 saturated heterocycles. The van der Waals surface area contributed by atoms with Gasteiger partial charge in [0.15, 0.2) is 5.82 Å². The van der Waals surface area contributed by atoms with Crippen LogP contribution in [-0.2, 0) is 4.79 Å². The number of carbonyl (C=O) groups excluding carboxylic acids is 1. The lowest BCUT2D eigenvalue weighted by Gasteiger charge is -2.16. The van der Waals surface area contributed by atoms with Crippen LogP contribution in [0.5, 0.6) is 5.88 Å². The summed E-state index contributed by atoms with van der Waals surface area (Å²) in [4.78, 5) is 21.7. The molecule has 0 aromatic carbocycles. The first-order chi connectivity index (χ1) is 8.15. The number of aromatic nitrogens is 2. The maximum Gasteiger partial charge on any atom is 0.258 e. The molecule has 0 aliphatic carbocycles. The first kappa shape index (κ1) is 12.0. The molecule has 1 amide bonds. The van der Waals surface area contributed by atoms with Gasteiger partial charge in [0, 0.05) is 18.9 Å². The van der Waals surface area contributed by atoms with Gasteiger partial charge in [0.25, 0.3) is 5.88 Å². The third kappa shape index (κ3) is 2.31. The molecule has 90 valence electrons. The second-order valence-corrected chi connectivity index (χ2v) is 4.54. The summed E-state index contributed by atoms with van der Waals surface area (Å²) < 4.78 is 5.71. The predicted molar refractivity (Wildman–Crippen MR) is 66.9 cm³/mol. The van der Waals surface area contributed by atoms with Crippen LogP contribution in [-0.4, -0.2) is 29.5 Å². The van der Waals surface area contributed by atoms with Crippen molar-refractivity contribution >= 4 is 27.7 Å². The maximum atomic E-state index is 11.8. The Kier molecular flexibility index (Phi) is 3.42. The Labute approximate surface area is 108 Å². The topological polar surface area (TPSA) is 55.3 Å². The van der Waals surface area contributed by atoms with Crippen LogP contribution in [0.2, 0.25) is 0 Å². The van der Waals surface area contributed by atoms with Gasteiger partial charge in [-0.25, -0.2) is 9.97 Å². The summed E-state index contributed by atoms with van der Waals surface area (Å²) >= 11 is 3.21. The van der Waals surface area contributed by atoms with E-state index in [1.165, 1.54) is 7.11 Å². The predicted octanol–water partition coefficient (Wildman–Crippen LogP) is 1.79. The van der Waals surface area contributed by atoms with Crippen LogP contribution >= 0.6 is 15.9 Å². The zero-order chi connectivity index (χ0) is 12.4. The van der Waals surface area contributed by atoms with Crippen LogP contribution < -0.4 is 9.64 Å². The minimum absolute atomic E-state index is 0.0184. The molecule has 1 fully saturated rings. The summed E-state index contributed by atoms with van der Waals surface area (Å²) in [7, 11) is 1.51. The highest BCUT2D eigenvalue weighted by Gasteiger charge is 2.31. The molecule has 2 heterocycles. The Morgan fingerprint density at radius 2 is 2.47 bits per heavy atom. The first-order valence-corrected chi connectivity index (χ1v) is 5.94. The van der Waals surface area contributed by atoms with E-state index in [9.17, 15) is 4.79 Å². The van der Waals surface area contributed by atoms with Gasteiger partial charge in [-0.3, -0.25) is 9.69 Å². The number of methoxy groups -OCH3 is 1. The number of rotatable bonds is 3. The zero-order valence-corrected chi connectivity index (χ0v) is 11.0. The zero-order valence-electron chi connectivity index (χ0n) is 9.39. The summed E-state index contributed by atoms with van der Waals surface area (Å²) in [6, 6.07) is 0. The maximum absolute atomic E-state index is 11.8. The van der Waals surface area contributed by atoms with Gasteiger partial charge in [-0.05, 0) is 15.9 Å². The molecule has 2 rings (SSSR count). The summed E-state index contributed by atoms with van der Waals surface area (Å²) in [6.45, 7) is 4.29. The Hall–Kier alpha value is -1.43. The molecule has 1 atom stereocenters. The number of hydrogen-bond donors (Lipinski definition) is 0. The fourth-order valence-electron chi connectivity index (χ4n) is 1.77. The summed E-state index contributed by atoms with van der Waals surface area (Å²) in [6.07, 6.45) is 3.80. The van der Waals surface area contributed by atoms with Gasteiger partial charge in [-0.1, -0.05) is 6.08 Å². The normalized spacial score (nSPS) is 19.5. The SMILES string of the molecule is C=CC1CC(=O)N(c2ncc(Br)nc2OC)C1. The number of anilines is 1. The van der Waals surface area contributed by atoms with E-state index in [4.69, 9.17) is 4.74 Å². The Bertz CT molecular complexity index is 464. The quantitative estimate of drug-likeness (QED) is 0.798. The summed E-state index contributed by atoms with van der Waals surface area (Å²) in [5, 5.41) is 0. The minimum Gasteiger partial charge on any atom is -0.478 e. The van der Waals surface area contributed by atoms with Crippen LogP contribution in [0.25, 0.3) is 0 Å². The van der Waals surface area contributed by atoms with Crippen LogP contribution in [0, 0.1) is 5.92 Å². The molecule has 1 aromatic rings. The highest BCUT2D eigenvalue weighted by Crippen LogP contribution is 2.30. The molecule has 1 aromatic heterocycles. The first-order valence-electron chi connectivity index (χ1n) is 5.15. The molecule has 0 bridgehead atoms. The average molecular weight is 298 g/mol. The minimum atomic E-state index is 0.0184. The lowest BCUT2D eigenvalue weighted by molar-refractivity contribution is -0.117. The number of ether oxygens (including phenoxy) is 1.